The number of esters is 1. The van der Waals surface area contributed by atoms with Crippen molar-refractivity contribution < 1.29 is 57.2 Å². The van der Waals surface area contributed by atoms with Gasteiger partial charge in [-0.25, -0.2) is 52.1 Å². The van der Waals surface area contributed by atoms with Gasteiger partial charge in [-0.2, -0.15) is 0 Å². The van der Waals surface area contributed by atoms with Gasteiger partial charge in [0.05, 0.1) is 6.54 Å². The van der Waals surface area contributed by atoms with Gasteiger partial charge in [0, 0.05) is 32.7 Å². The summed E-state index contributed by atoms with van der Waals surface area (Å²) in [5, 5.41) is 8.14. The first-order valence-electron chi connectivity index (χ1n) is 20.0. The molecule has 0 radical (unpaired) electrons. The molecule has 0 bridgehead atoms. The molecular weight excluding hydrogens is 798 g/mol. The number of unbranched alkanes of at least 4 members (excludes halogenated alkanes) is 8. The van der Waals surface area contributed by atoms with Crippen molar-refractivity contribution in [1.29, 1.82) is 0 Å². The number of ether oxygens (including phenoxy) is 6. The topological polar surface area (TPSA) is 338 Å². The summed E-state index contributed by atoms with van der Waals surface area (Å²) in [6.07, 6.45) is -0.0439. The van der Waals surface area contributed by atoms with Crippen molar-refractivity contribution in [1.82, 2.24) is 29.7 Å². The Morgan fingerprint density at radius 3 is 1.17 bits per heavy atom. The molecule has 1 rings (SSSR count). The van der Waals surface area contributed by atoms with Crippen LogP contribution in [0.15, 0.2) is 14.4 Å². The number of nitrogens with one attached hydrogen (secondary N) is 3. The minimum absolute atomic E-state index is 0.0709. The second kappa shape index (κ2) is 30.3. The fourth-order valence-electron chi connectivity index (χ4n) is 5.44. The lowest BCUT2D eigenvalue weighted by Crippen LogP contribution is -2.54. The number of nitrogens with zero attached hydrogens (tertiary/aromatic N) is 3. The standard InChI is InChI=1S/C36H63N9O15/c1-25(22-55-29(37)47)58-28(46)21-40-15-9-8-14-20-45-35(53)43(18-12-6-4-10-16-41-32(50)59-26(2)23-56-30(38)48)34(52)44(36(45)54)19-13-7-5-11-17-42-33(51)60-27(3)24-57-31(39)49/h25-27,40H,4-24H2,1-3H3,(H2,37,47)(H2,38,48)(H2,39,49)(H,41,50)(H,42,51). The van der Waals surface area contributed by atoms with E-state index < -0.39 is 71.8 Å². The molecule has 1 heterocycles. The van der Waals surface area contributed by atoms with Gasteiger partial charge < -0.3 is 61.6 Å². The first kappa shape index (κ1) is 52.2. The zero-order chi connectivity index (χ0) is 44.9. The highest BCUT2D eigenvalue weighted by atomic mass is 16.6. The average molecular weight is 862 g/mol. The molecule has 0 saturated carbocycles. The average Bonchev–Trinajstić information content (AvgIpc) is 3.17. The number of primary amides is 3. The first-order chi connectivity index (χ1) is 28.5. The third-order valence-electron chi connectivity index (χ3n) is 8.38. The first-order valence-corrected chi connectivity index (χ1v) is 20.0. The highest BCUT2D eigenvalue weighted by Crippen LogP contribution is 2.04. The van der Waals surface area contributed by atoms with Crippen LogP contribution in [0.1, 0.15) is 91.4 Å². The molecular formula is C36H63N9O15. The lowest BCUT2D eigenvalue weighted by molar-refractivity contribution is -0.148. The SMILES string of the molecule is CC(COC(N)=O)OC(=O)CNCCCCCn1c(=O)n(CCCCCCNC(=O)OC(C)COC(N)=O)c(=O)n(CCCCCCNC(=O)OC(C)COC(N)=O)c1=O. The summed E-state index contributed by atoms with van der Waals surface area (Å²) in [4.78, 5) is 108. The second-order valence-corrected chi connectivity index (χ2v) is 13.8. The molecule has 0 fully saturated rings. The number of amides is 5. The van der Waals surface area contributed by atoms with Crippen LogP contribution in [-0.4, -0.2) is 114 Å². The molecule has 24 heteroatoms. The van der Waals surface area contributed by atoms with Crippen LogP contribution in [-0.2, 0) is 52.8 Å². The van der Waals surface area contributed by atoms with E-state index in [1.807, 2.05) is 0 Å². The molecule has 0 saturated heterocycles. The maximum Gasteiger partial charge on any atom is 0.407 e. The fourth-order valence-corrected chi connectivity index (χ4v) is 5.44. The van der Waals surface area contributed by atoms with Gasteiger partial charge in [0.1, 0.15) is 38.1 Å². The molecule has 0 aliphatic heterocycles. The Kier molecular flexibility index (Phi) is 26.3. The molecule has 1 aromatic rings. The van der Waals surface area contributed by atoms with E-state index in [-0.39, 0.29) is 46.0 Å². The number of alkyl carbamates (subject to hydrolysis) is 2. The molecule has 3 unspecified atom stereocenters. The van der Waals surface area contributed by atoms with Crippen LogP contribution in [0.2, 0.25) is 0 Å². The fraction of sp³-hybridized carbons (Fsp3) is 0.750. The summed E-state index contributed by atoms with van der Waals surface area (Å²) in [5.41, 5.74) is 12.6. The highest BCUT2D eigenvalue weighted by molar-refractivity contribution is 5.72. The largest absolute Gasteiger partial charge is 0.458 e. The van der Waals surface area contributed by atoms with Gasteiger partial charge in [0.25, 0.3) is 0 Å². The molecule has 60 heavy (non-hydrogen) atoms. The summed E-state index contributed by atoms with van der Waals surface area (Å²) in [6.45, 7) is 5.32. The molecule has 0 aliphatic carbocycles. The maximum absolute atomic E-state index is 13.5. The Labute approximate surface area is 347 Å². The van der Waals surface area contributed by atoms with Gasteiger partial charge in [-0.3, -0.25) is 4.79 Å². The summed E-state index contributed by atoms with van der Waals surface area (Å²) in [7, 11) is 0. The minimum Gasteiger partial charge on any atom is -0.458 e. The predicted molar refractivity (Wildman–Crippen MR) is 213 cm³/mol. The van der Waals surface area contributed by atoms with Crippen LogP contribution in [0.25, 0.3) is 0 Å². The minimum atomic E-state index is -0.976. The second-order valence-electron chi connectivity index (χ2n) is 13.8. The van der Waals surface area contributed by atoms with Crippen LogP contribution in [0.4, 0.5) is 24.0 Å². The number of aromatic nitrogens is 3. The lowest BCUT2D eigenvalue weighted by atomic mass is 10.2. The van der Waals surface area contributed by atoms with E-state index >= 15 is 0 Å². The summed E-state index contributed by atoms with van der Waals surface area (Å²) < 4.78 is 32.2. The Balaban J connectivity index is 2.74. The highest BCUT2D eigenvalue weighted by Gasteiger charge is 2.17. The van der Waals surface area contributed by atoms with E-state index in [9.17, 15) is 43.2 Å². The van der Waals surface area contributed by atoms with Gasteiger partial charge in [-0.15, -0.1) is 0 Å². The van der Waals surface area contributed by atoms with Crippen LogP contribution >= 0.6 is 0 Å². The Hall–Kier alpha value is -5.81. The van der Waals surface area contributed by atoms with Gasteiger partial charge >= 0.3 is 53.5 Å². The van der Waals surface area contributed by atoms with E-state index in [2.05, 4.69) is 30.2 Å². The number of nitrogens with two attached hydrogens (primary N) is 3. The van der Waals surface area contributed by atoms with Crippen LogP contribution in [0.5, 0.6) is 0 Å². The van der Waals surface area contributed by atoms with Crippen LogP contribution < -0.4 is 50.2 Å². The number of hydrogen-bond acceptors (Lipinski definition) is 16. The van der Waals surface area contributed by atoms with Crippen molar-refractivity contribution in [2.45, 2.75) is 129 Å². The quantitative estimate of drug-likeness (QED) is 0.0336. The summed E-state index contributed by atoms with van der Waals surface area (Å²) in [5.74, 6) is -0.542. The molecule has 0 aliphatic rings. The molecule has 342 valence electrons. The molecule has 1 aromatic heterocycles. The third-order valence-corrected chi connectivity index (χ3v) is 8.38. The van der Waals surface area contributed by atoms with Crippen LogP contribution in [0, 0.1) is 0 Å². The molecule has 3 atom stereocenters. The van der Waals surface area contributed by atoms with Crippen molar-refractivity contribution in [2.75, 3.05) is 46.0 Å². The number of hydrogen-bond donors (Lipinski definition) is 6. The van der Waals surface area contributed by atoms with Crippen LogP contribution in [0.3, 0.4) is 0 Å². The normalized spacial score (nSPS) is 12.3. The molecule has 24 nitrogen and oxygen atoms in total. The predicted octanol–water partition coefficient (Wildman–Crippen LogP) is 0.499. The van der Waals surface area contributed by atoms with E-state index in [4.69, 9.17) is 31.4 Å². The van der Waals surface area contributed by atoms with Crippen molar-refractivity contribution in [3.63, 3.8) is 0 Å². The third kappa shape index (κ3) is 24.2. The van der Waals surface area contributed by atoms with Gasteiger partial charge in [0.15, 0.2) is 0 Å². The number of carbonyl (C=O) groups is 6. The maximum atomic E-state index is 13.5. The number of rotatable bonds is 31. The Morgan fingerprint density at radius 1 is 0.483 bits per heavy atom. The zero-order valence-corrected chi connectivity index (χ0v) is 34.8. The van der Waals surface area contributed by atoms with Gasteiger partial charge in [0.2, 0.25) is 0 Å². The van der Waals surface area contributed by atoms with Gasteiger partial charge in [-0.05, 0) is 65.8 Å². The molecule has 0 spiro atoms. The van der Waals surface area contributed by atoms with E-state index in [0.717, 1.165) is 13.7 Å². The van der Waals surface area contributed by atoms with Crippen molar-refractivity contribution in [3.8, 4) is 0 Å². The number of carbonyl (C=O) groups excluding carboxylic acids is 6. The zero-order valence-electron chi connectivity index (χ0n) is 34.8. The molecule has 0 aromatic carbocycles. The Morgan fingerprint density at radius 2 is 0.800 bits per heavy atom. The van der Waals surface area contributed by atoms with Crippen molar-refractivity contribution in [3.05, 3.63) is 31.5 Å². The summed E-state index contributed by atoms with van der Waals surface area (Å²) >= 11 is 0. The van der Waals surface area contributed by atoms with Gasteiger partial charge in [-0.1, -0.05) is 32.1 Å². The van der Waals surface area contributed by atoms with E-state index in [1.165, 1.54) is 0 Å². The molecule has 9 N–H and O–H groups in total. The monoisotopic (exact) mass is 861 g/mol. The Bertz CT molecular complexity index is 1460. The van der Waals surface area contributed by atoms with Crippen molar-refractivity contribution >= 4 is 36.4 Å². The summed E-state index contributed by atoms with van der Waals surface area (Å²) in [6, 6.07) is 0. The van der Waals surface area contributed by atoms with E-state index in [1.54, 1.807) is 20.8 Å². The van der Waals surface area contributed by atoms with Crippen molar-refractivity contribution in [2.24, 2.45) is 17.2 Å². The lowest BCUT2D eigenvalue weighted by Gasteiger charge is -2.15. The molecule has 5 amide bonds. The smallest absolute Gasteiger partial charge is 0.407 e. The van der Waals surface area contributed by atoms with E-state index in [0.29, 0.717) is 90.3 Å².